The molecule has 2 aromatic carbocycles. The fourth-order valence-corrected chi connectivity index (χ4v) is 2.74. The minimum Gasteiger partial charge on any atom is -0.479 e. The SMILES string of the molecule is C[C@H]1[C@@H](c2ccccc2)OC(O)=C(c2ccccc2)N1C. The Hall–Kier alpha value is -2.42. The van der Waals surface area contributed by atoms with E-state index < -0.39 is 0 Å². The zero-order valence-electron chi connectivity index (χ0n) is 12.2. The number of aliphatic hydroxyl groups excluding tert-OH is 1. The van der Waals surface area contributed by atoms with Gasteiger partial charge in [-0.25, -0.2) is 0 Å². The monoisotopic (exact) mass is 281 g/mol. The van der Waals surface area contributed by atoms with Crippen molar-refractivity contribution in [2.24, 2.45) is 0 Å². The van der Waals surface area contributed by atoms with Gasteiger partial charge in [-0.15, -0.1) is 0 Å². The molecule has 1 aliphatic heterocycles. The molecular formula is C18H19NO2. The first-order valence-electron chi connectivity index (χ1n) is 7.11. The maximum absolute atomic E-state index is 10.4. The highest BCUT2D eigenvalue weighted by Crippen LogP contribution is 2.37. The Labute approximate surface area is 125 Å². The smallest absolute Gasteiger partial charge is 0.302 e. The Morgan fingerprint density at radius 1 is 0.952 bits per heavy atom. The van der Waals surface area contributed by atoms with Gasteiger partial charge in [-0.2, -0.15) is 0 Å². The van der Waals surface area contributed by atoms with Gasteiger partial charge in [0.05, 0.1) is 6.04 Å². The van der Waals surface area contributed by atoms with Crippen LogP contribution in [0.4, 0.5) is 0 Å². The van der Waals surface area contributed by atoms with Gasteiger partial charge in [0.1, 0.15) is 11.8 Å². The largest absolute Gasteiger partial charge is 0.479 e. The number of benzene rings is 2. The topological polar surface area (TPSA) is 32.7 Å². The van der Waals surface area contributed by atoms with Gasteiger partial charge in [0.25, 0.3) is 0 Å². The van der Waals surface area contributed by atoms with E-state index >= 15 is 0 Å². The minimum atomic E-state index is -0.177. The molecule has 108 valence electrons. The lowest BCUT2D eigenvalue weighted by molar-refractivity contribution is -0.0258. The molecule has 3 heteroatoms. The molecule has 3 nitrogen and oxygen atoms in total. The predicted molar refractivity (Wildman–Crippen MR) is 83.5 cm³/mol. The van der Waals surface area contributed by atoms with Crippen molar-refractivity contribution in [2.45, 2.75) is 19.1 Å². The van der Waals surface area contributed by atoms with Crippen LogP contribution in [0.1, 0.15) is 24.2 Å². The van der Waals surface area contributed by atoms with Crippen LogP contribution in [0.25, 0.3) is 5.70 Å². The number of hydrogen-bond donors (Lipinski definition) is 1. The van der Waals surface area contributed by atoms with Crippen LogP contribution in [-0.4, -0.2) is 23.1 Å². The molecule has 2 aromatic rings. The minimum absolute atomic E-state index is 0.0179. The van der Waals surface area contributed by atoms with Crippen LogP contribution >= 0.6 is 0 Å². The van der Waals surface area contributed by atoms with Crippen LogP contribution in [-0.2, 0) is 4.74 Å². The third-order valence-corrected chi connectivity index (χ3v) is 4.02. The average molecular weight is 281 g/mol. The lowest BCUT2D eigenvalue weighted by Gasteiger charge is -2.39. The normalized spacial score (nSPS) is 22.1. The lowest BCUT2D eigenvalue weighted by Crippen LogP contribution is -2.39. The van der Waals surface area contributed by atoms with Gasteiger partial charge in [-0.3, -0.25) is 0 Å². The zero-order chi connectivity index (χ0) is 14.8. The van der Waals surface area contributed by atoms with E-state index in [2.05, 4.69) is 11.8 Å². The van der Waals surface area contributed by atoms with Gasteiger partial charge < -0.3 is 14.7 Å². The molecular weight excluding hydrogens is 262 g/mol. The van der Waals surface area contributed by atoms with Crippen LogP contribution in [0.2, 0.25) is 0 Å². The summed E-state index contributed by atoms with van der Waals surface area (Å²) in [6, 6.07) is 19.9. The molecule has 0 saturated heterocycles. The summed E-state index contributed by atoms with van der Waals surface area (Å²) in [6.07, 6.45) is -0.177. The van der Waals surface area contributed by atoms with Crippen molar-refractivity contribution in [2.75, 3.05) is 7.05 Å². The molecule has 1 aliphatic rings. The first-order valence-corrected chi connectivity index (χ1v) is 7.11. The van der Waals surface area contributed by atoms with Crippen molar-refractivity contribution >= 4 is 5.70 Å². The molecule has 0 aromatic heterocycles. The van der Waals surface area contributed by atoms with Crippen LogP contribution in [0.5, 0.6) is 0 Å². The Morgan fingerprint density at radius 3 is 2.14 bits per heavy atom. The molecule has 0 spiro atoms. The highest BCUT2D eigenvalue weighted by atomic mass is 16.6. The summed E-state index contributed by atoms with van der Waals surface area (Å²) < 4.78 is 5.82. The summed E-state index contributed by atoms with van der Waals surface area (Å²) in [5.41, 5.74) is 2.75. The van der Waals surface area contributed by atoms with Crippen LogP contribution in [0.3, 0.4) is 0 Å². The van der Waals surface area contributed by atoms with Crippen molar-refractivity contribution in [1.29, 1.82) is 0 Å². The van der Waals surface area contributed by atoms with Gasteiger partial charge in [-0.1, -0.05) is 60.7 Å². The van der Waals surface area contributed by atoms with Gasteiger partial charge in [0, 0.05) is 12.6 Å². The fraction of sp³-hybridized carbons (Fsp3) is 0.222. The summed E-state index contributed by atoms with van der Waals surface area (Å²) in [5, 5.41) is 10.4. The Morgan fingerprint density at radius 2 is 1.52 bits per heavy atom. The molecule has 0 bridgehead atoms. The zero-order valence-corrected chi connectivity index (χ0v) is 12.2. The van der Waals surface area contributed by atoms with Gasteiger partial charge in [-0.05, 0) is 12.5 Å². The van der Waals surface area contributed by atoms with Gasteiger partial charge in [0.15, 0.2) is 0 Å². The van der Waals surface area contributed by atoms with E-state index in [0.29, 0.717) is 0 Å². The Balaban J connectivity index is 1.99. The van der Waals surface area contributed by atoms with E-state index in [0.717, 1.165) is 16.8 Å². The maximum Gasteiger partial charge on any atom is 0.302 e. The fourth-order valence-electron chi connectivity index (χ4n) is 2.74. The third-order valence-electron chi connectivity index (χ3n) is 4.02. The number of rotatable bonds is 2. The third kappa shape index (κ3) is 2.47. The summed E-state index contributed by atoms with van der Waals surface area (Å²) in [5.74, 6) is -0.0179. The van der Waals surface area contributed by atoms with Gasteiger partial charge >= 0.3 is 5.95 Å². The molecule has 1 N–H and O–H groups in total. The van der Waals surface area contributed by atoms with Crippen molar-refractivity contribution in [1.82, 2.24) is 4.90 Å². The molecule has 0 fully saturated rings. The Kier molecular flexibility index (Phi) is 3.57. The van der Waals surface area contributed by atoms with E-state index in [9.17, 15) is 5.11 Å². The average Bonchev–Trinajstić information content (AvgIpc) is 2.53. The maximum atomic E-state index is 10.4. The van der Waals surface area contributed by atoms with E-state index in [4.69, 9.17) is 4.74 Å². The summed E-state index contributed by atoms with van der Waals surface area (Å²) >= 11 is 0. The predicted octanol–water partition coefficient (Wildman–Crippen LogP) is 3.96. The van der Waals surface area contributed by atoms with Crippen LogP contribution in [0.15, 0.2) is 66.6 Å². The number of aliphatic hydroxyl groups is 1. The summed E-state index contributed by atoms with van der Waals surface area (Å²) in [6.45, 7) is 2.10. The second kappa shape index (κ2) is 5.52. The molecule has 2 atom stereocenters. The van der Waals surface area contributed by atoms with Crippen LogP contribution < -0.4 is 0 Å². The quantitative estimate of drug-likeness (QED) is 0.904. The molecule has 3 rings (SSSR count). The highest BCUT2D eigenvalue weighted by molar-refractivity contribution is 5.65. The molecule has 1 heterocycles. The second-order valence-electron chi connectivity index (χ2n) is 5.32. The van der Waals surface area contributed by atoms with E-state index in [1.54, 1.807) is 0 Å². The molecule has 21 heavy (non-hydrogen) atoms. The first kappa shape index (κ1) is 13.6. The molecule has 0 aliphatic carbocycles. The van der Waals surface area contributed by atoms with Crippen molar-refractivity contribution in [3.8, 4) is 0 Å². The van der Waals surface area contributed by atoms with E-state index in [-0.39, 0.29) is 18.1 Å². The van der Waals surface area contributed by atoms with Crippen molar-refractivity contribution in [3.63, 3.8) is 0 Å². The van der Waals surface area contributed by atoms with Crippen molar-refractivity contribution in [3.05, 3.63) is 77.7 Å². The Bertz CT molecular complexity index is 637. The number of likely N-dealkylation sites (N-methyl/N-ethyl adjacent to an activating group) is 1. The number of hydrogen-bond acceptors (Lipinski definition) is 3. The molecule has 0 radical (unpaired) electrons. The number of ether oxygens (including phenoxy) is 1. The highest BCUT2D eigenvalue weighted by Gasteiger charge is 2.34. The lowest BCUT2D eigenvalue weighted by atomic mass is 9.99. The molecule has 0 amide bonds. The summed E-state index contributed by atoms with van der Waals surface area (Å²) in [7, 11) is 1.99. The van der Waals surface area contributed by atoms with E-state index in [1.807, 2.05) is 67.7 Å². The molecule has 0 saturated carbocycles. The second-order valence-corrected chi connectivity index (χ2v) is 5.32. The number of nitrogens with zero attached hydrogens (tertiary/aromatic N) is 1. The van der Waals surface area contributed by atoms with Gasteiger partial charge in [0.2, 0.25) is 0 Å². The first-order chi connectivity index (χ1) is 10.2. The van der Waals surface area contributed by atoms with E-state index in [1.165, 1.54) is 0 Å². The van der Waals surface area contributed by atoms with Crippen LogP contribution in [0, 0.1) is 0 Å². The van der Waals surface area contributed by atoms with Crippen molar-refractivity contribution < 1.29 is 9.84 Å². The summed E-state index contributed by atoms with van der Waals surface area (Å²) in [4.78, 5) is 2.08. The standard InChI is InChI=1S/C18H19NO2/c1-13-17(15-11-7-4-8-12-15)21-18(20)16(19(13)2)14-9-5-3-6-10-14/h3-13,17,20H,1-2H3/t13-,17-/m0/s1. The molecule has 0 unspecified atom stereocenters.